The van der Waals surface area contributed by atoms with Gasteiger partial charge in [0.2, 0.25) is 5.82 Å². The molecule has 0 saturated heterocycles. The smallest absolute Gasteiger partial charge is 0.373 e. The van der Waals surface area contributed by atoms with Crippen LogP contribution in [-0.2, 0) is 7.05 Å². The van der Waals surface area contributed by atoms with Crippen LogP contribution in [0.25, 0.3) is 10.9 Å². The number of rotatable bonds is 3. The Morgan fingerprint density at radius 1 is 1.30 bits per heavy atom. The Kier molecular flexibility index (Phi) is 3.07. The number of aryl methyl sites for hydroxylation is 1. The van der Waals surface area contributed by atoms with Crippen LogP contribution in [0.4, 0.5) is 0 Å². The summed E-state index contributed by atoms with van der Waals surface area (Å²) in [5.41, 5.74) is 0.588. The van der Waals surface area contributed by atoms with Crippen LogP contribution in [0.1, 0.15) is 10.6 Å². The monoisotopic (exact) mass is 287 g/mol. The molecule has 0 atom stereocenters. The number of fused-ring (bicyclic) bond motifs is 1. The van der Waals surface area contributed by atoms with Gasteiger partial charge in [-0.05, 0) is 17.8 Å². The molecule has 1 aromatic carbocycles. The first-order valence-electron chi connectivity index (χ1n) is 5.67. The van der Waals surface area contributed by atoms with E-state index in [1.54, 1.807) is 23.0 Å². The minimum Gasteiger partial charge on any atom is -0.475 e. The van der Waals surface area contributed by atoms with Gasteiger partial charge in [-0.3, -0.25) is 0 Å². The zero-order chi connectivity index (χ0) is 14.1. The van der Waals surface area contributed by atoms with E-state index < -0.39 is 5.97 Å². The number of para-hydroxylation sites is 1. The van der Waals surface area contributed by atoms with E-state index in [9.17, 15) is 4.79 Å². The van der Waals surface area contributed by atoms with Gasteiger partial charge < -0.3 is 9.67 Å². The van der Waals surface area contributed by atoms with E-state index in [2.05, 4.69) is 20.2 Å². The van der Waals surface area contributed by atoms with Gasteiger partial charge in [0.15, 0.2) is 5.16 Å². The molecule has 0 spiro atoms. The van der Waals surface area contributed by atoms with Gasteiger partial charge in [0.1, 0.15) is 11.4 Å². The molecule has 2 aromatic heterocycles. The third kappa shape index (κ3) is 2.21. The van der Waals surface area contributed by atoms with Crippen molar-refractivity contribution in [3.8, 4) is 0 Å². The molecule has 7 nitrogen and oxygen atoms in total. The zero-order valence-electron chi connectivity index (χ0n) is 10.4. The van der Waals surface area contributed by atoms with Gasteiger partial charge in [-0.1, -0.05) is 18.2 Å². The molecular weight excluding hydrogens is 278 g/mol. The van der Waals surface area contributed by atoms with E-state index in [1.165, 1.54) is 11.8 Å². The molecule has 0 aliphatic rings. The molecule has 3 aromatic rings. The molecule has 100 valence electrons. The molecule has 3 rings (SSSR count). The van der Waals surface area contributed by atoms with Crippen LogP contribution in [0.5, 0.6) is 0 Å². The summed E-state index contributed by atoms with van der Waals surface area (Å²) in [7, 11) is 1.81. The molecule has 0 radical (unpaired) electrons. The normalized spacial score (nSPS) is 10.8. The zero-order valence-corrected chi connectivity index (χ0v) is 11.2. The maximum absolute atomic E-state index is 11.1. The van der Waals surface area contributed by atoms with Crippen LogP contribution in [0.15, 0.2) is 40.8 Å². The number of carboxylic acid groups (broad SMARTS) is 1. The van der Waals surface area contributed by atoms with E-state index in [4.69, 9.17) is 5.11 Å². The maximum Gasteiger partial charge on any atom is 0.373 e. The lowest BCUT2D eigenvalue weighted by Gasteiger charge is -2.05. The Balaban J connectivity index is 2.17. The number of carboxylic acids is 1. The van der Waals surface area contributed by atoms with Crippen molar-refractivity contribution in [3.05, 3.63) is 36.4 Å². The van der Waals surface area contributed by atoms with Crippen molar-refractivity contribution in [2.75, 3.05) is 0 Å². The van der Waals surface area contributed by atoms with Gasteiger partial charge in [0, 0.05) is 12.4 Å². The number of carbonyl (C=O) groups is 1. The first-order valence-corrected chi connectivity index (χ1v) is 6.49. The SMILES string of the molecule is Cn1cnnc1Sc1nc(C(=O)O)nc2ccccc12. The van der Waals surface area contributed by atoms with Gasteiger partial charge in [-0.2, -0.15) is 0 Å². The molecule has 0 bridgehead atoms. The van der Waals surface area contributed by atoms with Crippen LogP contribution in [0.3, 0.4) is 0 Å². The summed E-state index contributed by atoms with van der Waals surface area (Å²) in [4.78, 5) is 19.2. The van der Waals surface area contributed by atoms with Gasteiger partial charge in [-0.15, -0.1) is 10.2 Å². The Bertz CT molecular complexity index is 801. The predicted molar refractivity (Wildman–Crippen MR) is 71.6 cm³/mol. The van der Waals surface area contributed by atoms with Gasteiger partial charge in [0.05, 0.1) is 5.52 Å². The lowest BCUT2D eigenvalue weighted by molar-refractivity contribution is 0.0683. The van der Waals surface area contributed by atoms with Gasteiger partial charge >= 0.3 is 5.97 Å². The third-order valence-electron chi connectivity index (χ3n) is 2.62. The summed E-state index contributed by atoms with van der Waals surface area (Å²) in [5.74, 6) is -1.39. The average Bonchev–Trinajstić information content (AvgIpc) is 2.84. The average molecular weight is 287 g/mol. The lowest BCUT2D eigenvalue weighted by Crippen LogP contribution is -2.05. The van der Waals surface area contributed by atoms with Crippen LogP contribution in [-0.4, -0.2) is 35.8 Å². The van der Waals surface area contributed by atoms with E-state index >= 15 is 0 Å². The van der Waals surface area contributed by atoms with Crippen LogP contribution >= 0.6 is 11.8 Å². The molecule has 0 aliphatic heterocycles. The molecule has 20 heavy (non-hydrogen) atoms. The molecule has 0 saturated carbocycles. The standard InChI is InChI=1S/C12H9N5O2S/c1-17-6-13-16-12(17)20-10-7-4-2-3-5-8(7)14-9(15-10)11(18)19/h2-6H,1H3,(H,18,19). The topological polar surface area (TPSA) is 93.8 Å². The highest BCUT2D eigenvalue weighted by molar-refractivity contribution is 7.99. The Morgan fingerprint density at radius 3 is 2.80 bits per heavy atom. The lowest BCUT2D eigenvalue weighted by atomic mass is 10.2. The Hall–Kier alpha value is -2.48. The molecule has 2 heterocycles. The second-order valence-corrected chi connectivity index (χ2v) is 4.96. The third-order valence-corrected chi connectivity index (χ3v) is 3.67. The molecule has 1 N–H and O–H groups in total. The summed E-state index contributed by atoms with van der Waals surface area (Å²) in [6.45, 7) is 0. The van der Waals surface area contributed by atoms with Crippen LogP contribution in [0.2, 0.25) is 0 Å². The van der Waals surface area contributed by atoms with E-state index in [-0.39, 0.29) is 5.82 Å². The molecular formula is C12H9N5O2S. The minimum absolute atomic E-state index is 0.228. The van der Waals surface area contributed by atoms with Crippen LogP contribution < -0.4 is 0 Å². The second-order valence-electron chi connectivity index (χ2n) is 4.00. The quantitative estimate of drug-likeness (QED) is 0.731. The van der Waals surface area contributed by atoms with Crippen molar-refractivity contribution in [1.82, 2.24) is 24.7 Å². The van der Waals surface area contributed by atoms with Gasteiger partial charge in [0.25, 0.3) is 0 Å². The number of hydrogen-bond donors (Lipinski definition) is 1. The van der Waals surface area contributed by atoms with Gasteiger partial charge in [-0.25, -0.2) is 14.8 Å². The summed E-state index contributed by atoms with van der Waals surface area (Å²) in [6.07, 6.45) is 1.57. The van der Waals surface area contributed by atoms with Crippen molar-refractivity contribution in [1.29, 1.82) is 0 Å². The predicted octanol–water partition coefficient (Wildman–Crippen LogP) is 1.61. The van der Waals surface area contributed by atoms with Crippen molar-refractivity contribution < 1.29 is 9.90 Å². The van der Waals surface area contributed by atoms with Crippen molar-refractivity contribution in [3.63, 3.8) is 0 Å². The number of aromatic nitrogens is 5. The highest BCUT2D eigenvalue weighted by atomic mass is 32.2. The summed E-state index contributed by atoms with van der Waals surface area (Å²) < 4.78 is 1.74. The van der Waals surface area contributed by atoms with Crippen molar-refractivity contribution >= 4 is 28.6 Å². The number of benzene rings is 1. The molecule has 0 aliphatic carbocycles. The maximum atomic E-state index is 11.1. The fourth-order valence-electron chi connectivity index (χ4n) is 1.67. The van der Waals surface area contributed by atoms with E-state index in [0.717, 1.165) is 5.39 Å². The highest BCUT2D eigenvalue weighted by Gasteiger charge is 2.15. The highest BCUT2D eigenvalue weighted by Crippen LogP contribution is 2.29. The Labute approximate surface area is 117 Å². The first-order chi connectivity index (χ1) is 9.65. The molecule has 0 unspecified atom stereocenters. The van der Waals surface area contributed by atoms with E-state index in [1.807, 2.05) is 19.2 Å². The number of aromatic carboxylic acids is 1. The van der Waals surface area contributed by atoms with Crippen LogP contribution in [0, 0.1) is 0 Å². The summed E-state index contributed by atoms with van der Waals surface area (Å²) >= 11 is 1.26. The largest absolute Gasteiger partial charge is 0.475 e. The summed E-state index contributed by atoms with van der Waals surface area (Å²) in [5, 5.41) is 18.8. The number of hydrogen-bond acceptors (Lipinski definition) is 6. The van der Waals surface area contributed by atoms with E-state index in [0.29, 0.717) is 15.7 Å². The molecule has 8 heteroatoms. The number of nitrogens with zero attached hydrogens (tertiary/aromatic N) is 5. The van der Waals surface area contributed by atoms with Crippen molar-refractivity contribution in [2.45, 2.75) is 10.2 Å². The Morgan fingerprint density at radius 2 is 2.10 bits per heavy atom. The second kappa shape index (κ2) is 4.89. The molecule has 0 amide bonds. The minimum atomic E-state index is -1.16. The fourth-order valence-corrected chi connectivity index (χ4v) is 2.54. The molecule has 0 fully saturated rings. The first kappa shape index (κ1) is 12.5. The van der Waals surface area contributed by atoms with Crippen molar-refractivity contribution in [2.24, 2.45) is 7.05 Å². The summed E-state index contributed by atoms with van der Waals surface area (Å²) in [6, 6.07) is 7.26. The fraction of sp³-hybridized carbons (Fsp3) is 0.0833.